The van der Waals surface area contributed by atoms with Crippen LogP contribution in [0, 0.1) is 5.92 Å². The molecular weight excluding hydrogens is 160 g/mol. The molecule has 1 rings (SSSR count). The Hall–Kier alpha value is -0.560. The Kier molecular flexibility index (Phi) is 3.73. The van der Waals surface area contributed by atoms with Gasteiger partial charge in [-0.05, 0) is 33.6 Å². The molecule has 3 atom stereocenters. The van der Waals surface area contributed by atoms with Crippen molar-refractivity contribution in [2.45, 2.75) is 45.8 Å². The van der Waals surface area contributed by atoms with Gasteiger partial charge in [0.2, 0.25) is 0 Å². The van der Waals surface area contributed by atoms with Crippen LogP contribution in [-0.4, -0.2) is 12.2 Å². The molecule has 1 saturated heterocycles. The fraction of sp³-hybridized carbons (Fsp3) is 0.667. The van der Waals surface area contributed by atoms with Crippen LogP contribution in [0.15, 0.2) is 24.3 Å². The van der Waals surface area contributed by atoms with Gasteiger partial charge in [-0.25, -0.2) is 0 Å². The highest BCUT2D eigenvalue weighted by atomic mass is 16.5. The van der Waals surface area contributed by atoms with E-state index >= 15 is 0 Å². The zero-order chi connectivity index (χ0) is 9.84. The molecule has 0 N–H and O–H groups in total. The van der Waals surface area contributed by atoms with Gasteiger partial charge >= 0.3 is 0 Å². The second kappa shape index (κ2) is 4.61. The van der Waals surface area contributed by atoms with Gasteiger partial charge in [0.15, 0.2) is 0 Å². The lowest BCUT2D eigenvalue weighted by Crippen LogP contribution is -2.32. The van der Waals surface area contributed by atoms with E-state index in [0.29, 0.717) is 12.0 Å². The van der Waals surface area contributed by atoms with Gasteiger partial charge in [0.05, 0.1) is 12.2 Å². The molecule has 0 aliphatic carbocycles. The van der Waals surface area contributed by atoms with Crippen molar-refractivity contribution in [1.29, 1.82) is 0 Å². The second-order valence-electron chi connectivity index (χ2n) is 3.97. The van der Waals surface area contributed by atoms with E-state index in [1.165, 1.54) is 12.0 Å². The Labute approximate surface area is 81.5 Å². The van der Waals surface area contributed by atoms with Crippen LogP contribution in [0.2, 0.25) is 0 Å². The van der Waals surface area contributed by atoms with Crippen LogP contribution >= 0.6 is 0 Å². The van der Waals surface area contributed by atoms with Gasteiger partial charge in [-0.2, -0.15) is 0 Å². The smallest absolute Gasteiger partial charge is 0.0824 e. The molecule has 0 saturated carbocycles. The Morgan fingerprint density at radius 1 is 1.46 bits per heavy atom. The van der Waals surface area contributed by atoms with Crippen LogP contribution in [0.5, 0.6) is 0 Å². The highest BCUT2D eigenvalue weighted by molar-refractivity contribution is 5.07. The van der Waals surface area contributed by atoms with E-state index in [0.717, 1.165) is 6.42 Å². The Morgan fingerprint density at radius 2 is 2.15 bits per heavy atom. The molecule has 0 bridgehead atoms. The first kappa shape index (κ1) is 10.5. The molecular formula is C12H20O. The number of hydrogen-bond donors (Lipinski definition) is 0. The average Bonchev–Trinajstić information content (AvgIpc) is 2.04. The van der Waals surface area contributed by atoms with Crippen molar-refractivity contribution in [2.24, 2.45) is 5.92 Å². The lowest BCUT2D eigenvalue weighted by Gasteiger charge is -2.34. The molecule has 1 fully saturated rings. The third kappa shape index (κ3) is 2.70. The normalized spacial score (nSPS) is 35.2. The number of allylic oxidation sites excluding steroid dienone is 1. The summed E-state index contributed by atoms with van der Waals surface area (Å²) >= 11 is 0. The first-order chi connectivity index (χ1) is 6.15. The van der Waals surface area contributed by atoms with Gasteiger partial charge < -0.3 is 4.74 Å². The molecule has 13 heavy (non-hydrogen) atoms. The maximum Gasteiger partial charge on any atom is 0.0824 e. The molecule has 0 radical (unpaired) electrons. The fourth-order valence-electron chi connectivity index (χ4n) is 1.91. The lowest BCUT2D eigenvalue weighted by molar-refractivity contribution is -0.0390. The second-order valence-corrected chi connectivity index (χ2v) is 3.97. The molecule has 1 aliphatic rings. The summed E-state index contributed by atoms with van der Waals surface area (Å²) < 4.78 is 5.85. The van der Waals surface area contributed by atoms with Crippen LogP contribution in [0.1, 0.15) is 33.6 Å². The maximum absolute atomic E-state index is 5.85. The Bertz CT molecular complexity index is 205. The highest BCUT2D eigenvalue weighted by Crippen LogP contribution is 2.30. The van der Waals surface area contributed by atoms with E-state index in [-0.39, 0.29) is 6.10 Å². The number of rotatable bonds is 2. The van der Waals surface area contributed by atoms with Crippen molar-refractivity contribution in [2.75, 3.05) is 0 Å². The molecule has 74 valence electrons. The lowest BCUT2D eigenvalue weighted by atomic mass is 9.87. The fourth-order valence-corrected chi connectivity index (χ4v) is 1.91. The zero-order valence-corrected chi connectivity index (χ0v) is 8.92. The van der Waals surface area contributed by atoms with Crippen molar-refractivity contribution < 1.29 is 4.74 Å². The van der Waals surface area contributed by atoms with Gasteiger partial charge in [-0.3, -0.25) is 0 Å². The molecule has 0 spiro atoms. The summed E-state index contributed by atoms with van der Waals surface area (Å²) in [5, 5.41) is 0. The summed E-state index contributed by atoms with van der Waals surface area (Å²) in [5.74, 6) is 0.521. The van der Waals surface area contributed by atoms with Crippen molar-refractivity contribution in [1.82, 2.24) is 0 Å². The van der Waals surface area contributed by atoms with Crippen LogP contribution in [0.4, 0.5) is 0 Å². The van der Waals surface area contributed by atoms with E-state index < -0.39 is 0 Å². The largest absolute Gasteiger partial charge is 0.371 e. The molecule has 0 aromatic rings. The molecule has 1 heteroatoms. The number of hydrogen-bond acceptors (Lipinski definition) is 1. The summed E-state index contributed by atoms with van der Waals surface area (Å²) in [7, 11) is 0. The van der Waals surface area contributed by atoms with Crippen molar-refractivity contribution >= 4 is 0 Å². The van der Waals surface area contributed by atoms with E-state index in [9.17, 15) is 0 Å². The summed E-state index contributed by atoms with van der Waals surface area (Å²) in [5.41, 5.74) is 1.25. The topological polar surface area (TPSA) is 9.23 Å². The van der Waals surface area contributed by atoms with Crippen LogP contribution in [0.25, 0.3) is 0 Å². The van der Waals surface area contributed by atoms with E-state index in [1.807, 2.05) is 6.92 Å². The number of ether oxygens (including phenoxy) is 1. The maximum atomic E-state index is 5.85. The van der Waals surface area contributed by atoms with Crippen LogP contribution in [0.3, 0.4) is 0 Å². The van der Waals surface area contributed by atoms with Gasteiger partial charge in [-0.15, -0.1) is 0 Å². The summed E-state index contributed by atoms with van der Waals surface area (Å²) in [6.45, 7) is 10.3. The van der Waals surface area contributed by atoms with Crippen molar-refractivity contribution in [3.63, 3.8) is 0 Å². The summed E-state index contributed by atoms with van der Waals surface area (Å²) in [6.07, 6.45) is 7.24. The predicted molar refractivity (Wildman–Crippen MR) is 56.7 cm³/mol. The quantitative estimate of drug-likeness (QED) is 0.592. The standard InChI is InChI=1S/C12H20O/c1-5-6-12-11(9(2)3)8-7-10(4)13-12/h5-6,10-12H,2,7-8H2,1,3-4H3/b6-5+/t10-,11+,12+/m0/s1. The van der Waals surface area contributed by atoms with Crippen LogP contribution < -0.4 is 0 Å². The molecule has 0 aromatic carbocycles. The minimum absolute atomic E-state index is 0.256. The van der Waals surface area contributed by atoms with E-state index in [2.05, 4.69) is 32.6 Å². The van der Waals surface area contributed by atoms with Gasteiger partial charge in [0.25, 0.3) is 0 Å². The van der Waals surface area contributed by atoms with E-state index in [4.69, 9.17) is 4.74 Å². The minimum Gasteiger partial charge on any atom is -0.371 e. The average molecular weight is 180 g/mol. The first-order valence-electron chi connectivity index (χ1n) is 5.08. The molecule has 1 heterocycles. The third-order valence-electron chi connectivity index (χ3n) is 2.69. The van der Waals surface area contributed by atoms with Gasteiger partial charge in [-0.1, -0.05) is 24.3 Å². The van der Waals surface area contributed by atoms with Crippen molar-refractivity contribution in [3.8, 4) is 0 Å². The highest BCUT2D eigenvalue weighted by Gasteiger charge is 2.27. The summed E-state index contributed by atoms with van der Waals surface area (Å²) in [6, 6.07) is 0. The van der Waals surface area contributed by atoms with E-state index in [1.54, 1.807) is 0 Å². The predicted octanol–water partition coefficient (Wildman–Crippen LogP) is 3.32. The van der Waals surface area contributed by atoms with Gasteiger partial charge in [0, 0.05) is 5.92 Å². The zero-order valence-electron chi connectivity index (χ0n) is 8.92. The molecule has 0 amide bonds. The SMILES string of the molecule is C=C(C)[C@H]1CC[C@H](C)O[C@@H]1/C=C/C. The van der Waals surface area contributed by atoms with Crippen molar-refractivity contribution in [3.05, 3.63) is 24.3 Å². The summed E-state index contributed by atoms with van der Waals surface area (Å²) in [4.78, 5) is 0. The molecule has 1 aliphatic heterocycles. The molecule has 0 aromatic heterocycles. The van der Waals surface area contributed by atoms with Crippen LogP contribution in [-0.2, 0) is 4.74 Å². The minimum atomic E-state index is 0.256. The molecule has 0 unspecified atom stereocenters. The third-order valence-corrected chi connectivity index (χ3v) is 2.69. The Balaban J connectivity index is 2.65. The molecule has 1 nitrogen and oxygen atoms in total. The Morgan fingerprint density at radius 3 is 2.69 bits per heavy atom. The van der Waals surface area contributed by atoms with Gasteiger partial charge in [0.1, 0.15) is 0 Å². The first-order valence-corrected chi connectivity index (χ1v) is 5.08. The monoisotopic (exact) mass is 180 g/mol.